The quantitative estimate of drug-likeness (QED) is 0.890. The van der Waals surface area contributed by atoms with Crippen molar-refractivity contribution in [1.29, 1.82) is 0 Å². The highest BCUT2D eigenvalue weighted by molar-refractivity contribution is 5.44. The molecule has 0 amide bonds. The van der Waals surface area contributed by atoms with Crippen LogP contribution in [0.15, 0.2) is 18.2 Å². The van der Waals surface area contributed by atoms with E-state index < -0.39 is 12.2 Å². The largest absolute Gasteiger partial charge is 0.454 e. The van der Waals surface area contributed by atoms with Gasteiger partial charge >= 0.3 is 6.18 Å². The van der Waals surface area contributed by atoms with E-state index in [1.807, 2.05) is 0 Å². The molecule has 1 aliphatic heterocycles. The van der Waals surface area contributed by atoms with Gasteiger partial charge in [0, 0.05) is 0 Å². The topological polar surface area (TPSA) is 44.5 Å². The van der Waals surface area contributed by atoms with Gasteiger partial charge < -0.3 is 15.2 Å². The molecule has 17 heavy (non-hydrogen) atoms. The molecule has 2 N–H and O–H groups in total. The summed E-state index contributed by atoms with van der Waals surface area (Å²) in [4.78, 5) is 0. The van der Waals surface area contributed by atoms with Crippen molar-refractivity contribution in [2.24, 2.45) is 5.73 Å². The Morgan fingerprint density at radius 3 is 2.65 bits per heavy atom. The highest BCUT2D eigenvalue weighted by atomic mass is 19.4. The maximum Gasteiger partial charge on any atom is 0.403 e. The van der Waals surface area contributed by atoms with Crippen LogP contribution in [0.4, 0.5) is 13.2 Å². The van der Waals surface area contributed by atoms with Crippen molar-refractivity contribution in [3.8, 4) is 11.5 Å². The molecule has 0 fully saturated rings. The Hall–Kier alpha value is -1.43. The highest BCUT2D eigenvalue weighted by Gasteiger charge is 2.36. The first kappa shape index (κ1) is 12.0. The van der Waals surface area contributed by atoms with E-state index in [0.717, 1.165) is 5.56 Å². The first-order valence-electron chi connectivity index (χ1n) is 5.17. The summed E-state index contributed by atoms with van der Waals surface area (Å²) in [6.07, 6.45) is -4.21. The van der Waals surface area contributed by atoms with Crippen LogP contribution in [0.2, 0.25) is 0 Å². The molecule has 0 aliphatic carbocycles. The molecule has 0 spiro atoms. The Morgan fingerprint density at radius 1 is 1.24 bits per heavy atom. The van der Waals surface area contributed by atoms with Gasteiger partial charge in [0.25, 0.3) is 0 Å². The smallest absolute Gasteiger partial charge is 0.403 e. The molecule has 3 nitrogen and oxygen atoms in total. The summed E-state index contributed by atoms with van der Waals surface area (Å²) in [5, 5.41) is 0. The molecule has 1 heterocycles. The van der Waals surface area contributed by atoms with Crippen LogP contribution in [0, 0.1) is 0 Å². The van der Waals surface area contributed by atoms with Crippen LogP contribution >= 0.6 is 0 Å². The third-order valence-corrected chi connectivity index (χ3v) is 2.60. The van der Waals surface area contributed by atoms with Gasteiger partial charge in [-0.3, -0.25) is 0 Å². The zero-order valence-corrected chi connectivity index (χ0v) is 8.96. The van der Waals surface area contributed by atoms with E-state index >= 15 is 0 Å². The predicted octanol–water partition coefficient (Wildman–Crippen LogP) is 2.24. The molecule has 0 radical (unpaired) electrons. The van der Waals surface area contributed by atoms with E-state index in [4.69, 9.17) is 15.2 Å². The Bertz CT molecular complexity index is 406. The van der Waals surface area contributed by atoms with E-state index in [2.05, 4.69) is 0 Å². The van der Waals surface area contributed by atoms with Gasteiger partial charge in [0.2, 0.25) is 6.79 Å². The van der Waals surface area contributed by atoms with Gasteiger partial charge in [0.1, 0.15) is 6.04 Å². The minimum atomic E-state index is -4.34. The van der Waals surface area contributed by atoms with Crippen molar-refractivity contribution in [2.75, 3.05) is 6.79 Å². The van der Waals surface area contributed by atoms with Crippen LogP contribution in [0.25, 0.3) is 0 Å². The second-order valence-electron chi connectivity index (χ2n) is 3.87. The number of hydrogen-bond donors (Lipinski definition) is 1. The average molecular weight is 247 g/mol. The summed E-state index contributed by atoms with van der Waals surface area (Å²) in [7, 11) is 0. The van der Waals surface area contributed by atoms with Crippen LogP contribution in [0.1, 0.15) is 12.0 Å². The zero-order valence-electron chi connectivity index (χ0n) is 8.96. The second-order valence-corrected chi connectivity index (χ2v) is 3.87. The van der Waals surface area contributed by atoms with Gasteiger partial charge in [-0.25, -0.2) is 0 Å². The van der Waals surface area contributed by atoms with Crippen molar-refractivity contribution >= 4 is 0 Å². The predicted molar refractivity (Wildman–Crippen MR) is 54.9 cm³/mol. The van der Waals surface area contributed by atoms with Crippen molar-refractivity contribution in [2.45, 2.75) is 25.1 Å². The van der Waals surface area contributed by atoms with Crippen molar-refractivity contribution in [1.82, 2.24) is 0 Å². The maximum absolute atomic E-state index is 12.2. The number of nitrogens with two attached hydrogens (primary N) is 1. The van der Waals surface area contributed by atoms with Gasteiger partial charge in [-0.05, 0) is 30.5 Å². The van der Waals surface area contributed by atoms with Gasteiger partial charge in [0.15, 0.2) is 11.5 Å². The van der Waals surface area contributed by atoms with Gasteiger partial charge in [-0.15, -0.1) is 0 Å². The molecule has 0 bridgehead atoms. The monoisotopic (exact) mass is 247 g/mol. The number of halogens is 3. The molecule has 1 atom stereocenters. The van der Waals surface area contributed by atoms with E-state index in [-0.39, 0.29) is 19.6 Å². The number of ether oxygens (including phenoxy) is 2. The molecule has 94 valence electrons. The molecule has 0 aromatic heterocycles. The summed E-state index contributed by atoms with van der Waals surface area (Å²) in [6, 6.07) is 3.31. The van der Waals surface area contributed by atoms with Gasteiger partial charge in [-0.2, -0.15) is 13.2 Å². The minimum Gasteiger partial charge on any atom is -0.454 e. The summed E-state index contributed by atoms with van der Waals surface area (Å²) in [5.41, 5.74) is 5.79. The van der Waals surface area contributed by atoms with E-state index in [0.29, 0.717) is 11.5 Å². The fourth-order valence-electron chi connectivity index (χ4n) is 1.58. The first-order chi connectivity index (χ1) is 7.97. The van der Waals surface area contributed by atoms with Gasteiger partial charge in [-0.1, -0.05) is 6.07 Å². The van der Waals surface area contributed by atoms with Crippen LogP contribution in [-0.2, 0) is 6.42 Å². The zero-order chi connectivity index (χ0) is 12.5. The lowest BCUT2D eigenvalue weighted by atomic mass is 10.0. The molecule has 1 unspecified atom stereocenters. The normalized spacial score (nSPS) is 16.0. The number of fused-ring (bicyclic) bond motifs is 1. The number of rotatable bonds is 3. The summed E-state index contributed by atoms with van der Waals surface area (Å²) in [6.45, 7) is 0.154. The molecular formula is C11H12F3NO2. The van der Waals surface area contributed by atoms with E-state index in [1.165, 1.54) is 0 Å². The second kappa shape index (κ2) is 4.44. The standard InChI is InChI=1S/C11H12F3NO2/c12-11(13,14)10(15)4-2-7-1-3-8-9(5-7)17-6-16-8/h1,3,5,10H,2,4,6,15H2. The van der Waals surface area contributed by atoms with Crippen LogP contribution in [-0.4, -0.2) is 19.0 Å². The van der Waals surface area contributed by atoms with Crippen molar-refractivity contribution in [3.63, 3.8) is 0 Å². The number of aryl methyl sites for hydroxylation is 1. The lowest BCUT2D eigenvalue weighted by molar-refractivity contribution is -0.148. The summed E-state index contributed by atoms with van der Waals surface area (Å²) >= 11 is 0. The first-order valence-corrected chi connectivity index (χ1v) is 5.17. The fraction of sp³-hybridized carbons (Fsp3) is 0.455. The Morgan fingerprint density at radius 2 is 1.94 bits per heavy atom. The Labute approximate surface area is 96.3 Å². The van der Waals surface area contributed by atoms with Gasteiger partial charge in [0.05, 0.1) is 0 Å². The minimum absolute atomic E-state index is 0.136. The van der Waals surface area contributed by atoms with Crippen molar-refractivity contribution < 1.29 is 22.6 Å². The molecule has 0 saturated heterocycles. The van der Waals surface area contributed by atoms with Crippen molar-refractivity contribution in [3.05, 3.63) is 23.8 Å². The molecule has 1 aromatic carbocycles. The van der Waals surface area contributed by atoms with E-state index in [9.17, 15) is 13.2 Å². The Kier molecular flexibility index (Phi) is 3.15. The molecule has 2 rings (SSSR count). The van der Waals surface area contributed by atoms with Crippen LogP contribution < -0.4 is 15.2 Å². The number of hydrogen-bond acceptors (Lipinski definition) is 3. The third kappa shape index (κ3) is 2.82. The summed E-state index contributed by atoms with van der Waals surface area (Å²) in [5.74, 6) is 1.19. The highest BCUT2D eigenvalue weighted by Crippen LogP contribution is 2.33. The van der Waals surface area contributed by atoms with Crippen LogP contribution in [0.3, 0.4) is 0 Å². The van der Waals surface area contributed by atoms with Crippen LogP contribution in [0.5, 0.6) is 11.5 Å². The molecule has 6 heteroatoms. The SMILES string of the molecule is NC(CCc1ccc2c(c1)OCO2)C(F)(F)F. The number of benzene rings is 1. The third-order valence-electron chi connectivity index (χ3n) is 2.60. The lowest BCUT2D eigenvalue weighted by Crippen LogP contribution is -2.37. The van der Waals surface area contributed by atoms with E-state index in [1.54, 1.807) is 18.2 Å². The maximum atomic E-state index is 12.2. The molecule has 1 aromatic rings. The molecule has 1 aliphatic rings. The average Bonchev–Trinajstić information content (AvgIpc) is 2.71. The Balaban J connectivity index is 1.96. The summed E-state index contributed by atoms with van der Waals surface area (Å²) < 4.78 is 46.8. The number of alkyl halides is 3. The fourth-order valence-corrected chi connectivity index (χ4v) is 1.58. The lowest BCUT2D eigenvalue weighted by Gasteiger charge is -2.15. The molecular weight excluding hydrogens is 235 g/mol. The molecule has 0 saturated carbocycles.